The van der Waals surface area contributed by atoms with Gasteiger partial charge in [0, 0.05) is 24.2 Å². The maximum absolute atomic E-state index is 11.5. The lowest BCUT2D eigenvalue weighted by Crippen LogP contribution is -2.34. The second-order valence-corrected chi connectivity index (χ2v) is 6.26. The van der Waals surface area contributed by atoms with Gasteiger partial charge in [0.1, 0.15) is 26.4 Å². The van der Waals surface area contributed by atoms with E-state index in [1.165, 1.54) is 13.8 Å². The molecule has 2 amide bonds. The van der Waals surface area contributed by atoms with Crippen molar-refractivity contribution in [2.24, 2.45) is 0 Å². The highest BCUT2D eigenvalue weighted by molar-refractivity contribution is 5.87. The van der Waals surface area contributed by atoms with E-state index in [0.717, 1.165) is 0 Å². The highest BCUT2D eigenvalue weighted by atomic mass is 16.6. The first-order valence-electron chi connectivity index (χ1n) is 9.28. The molecule has 0 saturated carbocycles. The smallest absolute Gasteiger partial charge is 0.407 e. The van der Waals surface area contributed by atoms with E-state index in [1.54, 1.807) is 7.05 Å². The number of nitrogens with zero attached hydrogens (tertiary/aromatic N) is 1. The molecule has 0 unspecified atom stereocenters. The fraction of sp³-hybridized carbons (Fsp3) is 0.579. The van der Waals surface area contributed by atoms with Gasteiger partial charge < -0.3 is 29.6 Å². The van der Waals surface area contributed by atoms with Crippen molar-refractivity contribution < 1.29 is 38.1 Å². The molecule has 0 aliphatic rings. The van der Waals surface area contributed by atoms with Crippen molar-refractivity contribution in [3.05, 3.63) is 24.3 Å². The predicted octanol–water partition coefficient (Wildman–Crippen LogP) is 0.609. The Labute approximate surface area is 176 Å². The van der Waals surface area contributed by atoms with Crippen molar-refractivity contribution >= 4 is 24.1 Å². The van der Waals surface area contributed by atoms with Crippen LogP contribution in [0.3, 0.4) is 0 Å². The monoisotopic (exact) mass is 429 g/mol. The van der Waals surface area contributed by atoms with Crippen molar-refractivity contribution in [2.75, 3.05) is 59.7 Å². The molecule has 170 valence electrons. The number of ether oxygens (including phenoxy) is 4. The summed E-state index contributed by atoms with van der Waals surface area (Å²) in [6.45, 7) is 11.4. The lowest BCUT2D eigenvalue weighted by molar-refractivity contribution is -0.139. The van der Waals surface area contributed by atoms with E-state index >= 15 is 0 Å². The van der Waals surface area contributed by atoms with Crippen LogP contribution < -0.4 is 10.6 Å². The van der Waals surface area contributed by atoms with Crippen LogP contribution in [0.15, 0.2) is 24.3 Å². The number of alkyl carbamates (subject to hydrolysis) is 2. The third-order valence-corrected chi connectivity index (χ3v) is 3.32. The topological polar surface area (TPSA) is 132 Å². The highest BCUT2D eigenvalue weighted by Gasteiger charge is 2.07. The second kappa shape index (κ2) is 15.8. The predicted molar refractivity (Wildman–Crippen MR) is 108 cm³/mol. The molecule has 0 spiro atoms. The molecule has 2 N–H and O–H groups in total. The van der Waals surface area contributed by atoms with Crippen molar-refractivity contribution in [1.82, 2.24) is 15.5 Å². The fourth-order valence-electron chi connectivity index (χ4n) is 1.64. The summed E-state index contributed by atoms with van der Waals surface area (Å²) in [5, 5.41) is 4.89. The normalized spacial score (nSPS) is 10.0. The molecule has 30 heavy (non-hydrogen) atoms. The van der Waals surface area contributed by atoms with Crippen molar-refractivity contribution in [3.63, 3.8) is 0 Å². The molecule has 11 heteroatoms. The van der Waals surface area contributed by atoms with Gasteiger partial charge in [0.25, 0.3) is 0 Å². The number of esters is 2. The number of amides is 2. The van der Waals surface area contributed by atoms with Gasteiger partial charge in [0.2, 0.25) is 0 Å². The van der Waals surface area contributed by atoms with Gasteiger partial charge in [-0.2, -0.15) is 0 Å². The molecule has 0 aromatic rings. The number of nitrogens with one attached hydrogen (secondary N) is 2. The molecule has 0 rings (SSSR count). The van der Waals surface area contributed by atoms with E-state index in [2.05, 4.69) is 23.8 Å². The Morgan fingerprint density at radius 2 is 1.07 bits per heavy atom. The SMILES string of the molecule is C=C(C)C(=O)OCCNC(=O)OCCN(C)CCOC(=O)NCCOC(=O)C(=C)C. The van der Waals surface area contributed by atoms with Gasteiger partial charge in [-0.3, -0.25) is 4.90 Å². The van der Waals surface area contributed by atoms with E-state index in [1.807, 2.05) is 4.90 Å². The molecule has 0 atom stereocenters. The maximum atomic E-state index is 11.5. The van der Waals surface area contributed by atoms with E-state index in [0.29, 0.717) is 13.1 Å². The average Bonchev–Trinajstić information content (AvgIpc) is 2.67. The molecule has 0 radical (unpaired) electrons. The Hall–Kier alpha value is -3.08. The third kappa shape index (κ3) is 14.9. The van der Waals surface area contributed by atoms with Crippen LogP contribution >= 0.6 is 0 Å². The Morgan fingerprint density at radius 1 is 0.700 bits per heavy atom. The summed E-state index contributed by atoms with van der Waals surface area (Å²) in [7, 11) is 1.77. The summed E-state index contributed by atoms with van der Waals surface area (Å²) in [6, 6.07) is 0. The minimum Gasteiger partial charge on any atom is -0.460 e. The summed E-state index contributed by atoms with van der Waals surface area (Å²) in [5.74, 6) is -1.04. The summed E-state index contributed by atoms with van der Waals surface area (Å²) >= 11 is 0. The molecule has 0 aromatic heterocycles. The van der Waals surface area contributed by atoms with Crippen LogP contribution in [-0.4, -0.2) is 88.7 Å². The molecule has 0 aliphatic heterocycles. The highest BCUT2D eigenvalue weighted by Crippen LogP contribution is 1.92. The lowest BCUT2D eigenvalue weighted by atomic mass is 10.4. The maximum Gasteiger partial charge on any atom is 0.407 e. The van der Waals surface area contributed by atoms with Crippen molar-refractivity contribution in [1.29, 1.82) is 0 Å². The van der Waals surface area contributed by atoms with E-state index < -0.39 is 24.1 Å². The van der Waals surface area contributed by atoms with Crippen molar-refractivity contribution in [2.45, 2.75) is 13.8 Å². The van der Waals surface area contributed by atoms with Crippen LogP contribution in [0.25, 0.3) is 0 Å². The second-order valence-electron chi connectivity index (χ2n) is 6.26. The van der Waals surface area contributed by atoms with Crippen LogP contribution in [0.4, 0.5) is 9.59 Å². The van der Waals surface area contributed by atoms with E-state index in [4.69, 9.17) is 18.9 Å². The van der Waals surface area contributed by atoms with Gasteiger partial charge in [0.05, 0.1) is 13.1 Å². The molecular weight excluding hydrogens is 398 g/mol. The van der Waals surface area contributed by atoms with E-state index in [-0.39, 0.29) is 50.7 Å². The molecule has 0 aromatic carbocycles. The molecule has 11 nitrogen and oxygen atoms in total. The Bertz CT molecular complexity index is 569. The van der Waals surface area contributed by atoms with Crippen LogP contribution in [0.1, 0.15) is 13.8 Å². The molecule has 0 heterocycles. The van der Waals surface area contributed by atoms with Gasteiger partial charge in [-0.25, -0.2) is 19.2 Å². The number of hydrogen-bond acceptors (Lipinski definition) is 9. The van der Waals surface area contributed by atoms with Crippen molar-refractivity contribution in [3.8, 4) is 0 Å². The molecule has 0 bridgehead atoms. The van der Waals surface area contributed by atoms with Crippen LogP contribution in [0.5, 0.6) is 0 Å². The first-order chi connectivity index (χ1) is 14.1. The minimum absolute atomic E-state index is 0.0242. The van der Waals surface area contributed by atoms with E-state index in [9.17, 15) is 19.2 Å². The minimum atomic E-state index is -0.627. The summed E-state index contributed by atoms with van der Waals surface area (Å²) in [6.07, 6.45) is -1.25. The standard InChI is InChI=1S/C19H31N3O8/c1-14(2)16(23)27-10-6-20-18(25)29-12-8-22(5)9-13-30-19(26)21-7-11-28-17(24)15(3)4/h1,3,6-13H2,2,4-5H3,(H,20,25)(H,21,26). The largest absolute Gasteiger partial charge is 0.460 e. The van der Waals surface area contributed by atoms with Gasteiger partial charge in [-0.15, -0.1) is 0 Å². The first kappa shape index (κ1) is 26.9. The molecule has 0 fully saturated rings. The zero-order valence-corrected chi connectivity index (χ0v) is 17.8. The van der Waals surface area contributed by atoms with Gasteiger partial charge in [0.15, 0.2) is 0 Å². The zero-order valence-electron chi connectivity index (χ0n) is 17.8. The summed E-state index contributed by atoms with van der Waals surface area (Å²) in [4.78, 5) is 47.1. The van der Waals surface area contributed by atoms with Gasteiger partial charge in [-0.05, 0) is 20.9 Å². The molecule has 0 aliphatic carbocycles. The Morgan fingerprint density at radius 3 is 1.40 bits per heavy atom. The van der Waals surface area contributed by atoms with Gasteiger partial charge >= 0.3 is 24.1 Å². The Balaban J connectivity index is 3.65. The van der Waals surface area contributed by atoms with Crippen LogP contribution in [0.2, 0.25) is 0 Å². The Kier molecular flexibility index (Phi) is 14.2. The number of carbonyl (C=O) groups excluding carboxylic acids is 4. The number of hydrogen-bond donors (Lipinski definition) is 2. The summed E-state index contributed by atoms with van der Waals surface area (Å²) in [5.41, 5.74) is 0.567. The molecule has 0 saturated heterocycles. The lowest BCUT2D eigenvalue weighted by Gasteiger charge is -2.16. The fourth-order valence-corrected chi connectivity index (χ4v) is 1.64. The quantitative estimate of drug-likeness (QED) is 0.176. The number of carbonyl (C=O) groups is 4. The first-order valence-corrected chi connectivity index (χ1v) is 9.28. The third-order valence-electron chi connectivity index (χ3n) is 3.32. The number of likely N-dealkylation sites (N-methyl/N-ethyl adjacent to an activating group) is 1. The van der Waals surface area contributed by atoms with Gasteiger partial charge in [-0.1, -0.05) is 13.2 Å². The summed E-state index contributed by atoms with van der Waals surface area (Å²) < 4.78 is 19.6. The average molecular weight is 429 g/mol. The number of rotatable bonds is 14. The van der Waals surface area contributed by atoms with Crippen LogP contribution in [-0.2, 0) is 28.5 Å². The zero-order chi connectivity index (χ0) is 22.9. The van der Waals surface area contributed by atoms with Crippen LogP contribution in [0, 0.1) is 0 Å². The molecular formula is C19H31N3O8.